The number of ether oxygens (including phenoxy) is 3. The van der Waals surface area contributed by atoms with Crippen LogP contribution in [0.1, 0.15) is 361 Å². The van der Waals surface area contributed by atoms with E-state index in [-0.39, 0.29) is 31.1 Å². The van der Waals surface area contributed by atoms with E-state index in [1.165, 1.54) is 250 Å². The zero-order valence-electron chi connectivity index (χ0n) is 48.7. The summed E-state index contributed by atoms with van der Waals surface area (Å²) in [4.78, 5) is 38.3. The molecule has 0 amide bonds. The molecule has 0 N–H and O–H groups in total. The average molecular weight is 1010 g/mol. The lowest BCUT2D eigenvalue weighted by molar-refractivity contribution is -0.167. The van der Waals surface area contributed by atoms with E-state index in [2.05, 4.69) is 45.1 Å². The molecule has 0 aromatic carbocycles. The van der Waals surface area contributed by atoms with Crippen molar-refractivity contribution in [3.05, 3.63) is 24.3 Å². The monoisotopic (exact) mass is 1010 g/mol. The Morgan fingerprint density at radius 3 is 0.792 bits per heavy atom. The van der Waals surface area contributed by atoms with Gasteiger partial charge in [0.15, 0.2) is 6.10 Å². The molecule has 0 saturated heterocycles. The second-order valence-electron chi connectivity index (χ2n) is 22.0. The highest BCUT2D eigenvalue weighted by Gasteiger charge is 2.19. The van der Waals surface area contributed by atoms with Crippen LogP contribution in [0.5, 0.6) is 0 Å². The molecular formula is C66H124O6. The Hall–Kier alpha value is -2.11. The number of hydrogen-bond donors (Lipinski definition) is 0. The number of esters is 3. The van der Waals surface area contributed by atoms with Gasteiger partial charge in [0.05, 0.1) is 0 Å². The summed E-state index contributed by atoms with van der Waals surface area (Å²) >= 11 is 0. The molecule has 0 bridgehead atoms. The first-order chi connectivity index (χ1) is 35.5. The van der Waals surface area contributed by atoms with Crippen LogP contribution in [0.15, 0.2) is 24.3 Å². The van der Waals surface area contributed by atoms with Gasteiger partial charge in [0.1, 0.15) is 13.2 Å². The summed E-state index contributed by atoms with van der Waals surface area (Å²) in [5.41, 5.74) is 0. The molecule has 424 valence electrons. The number of carbonyl (C=O) groups excluding carboxylic acids is 3. The molecule has 0 rings (SSSR count). The summed E-state index contributed by atoms with van der Waals surface area (Å²) in [6, 6.07) is 0. The Morgan fingerprint density at radius 1 is 0.278 bits per heavy atom. The fourth-order valence-corrected chi connectivity index (χ4v) is 9.83. The molecule has 0 radical (unpaired) electrons. The van der Waals surface area contributed by atoms with Gasteiger partial charge in [-0.2, -0.15) is 0 Å². The van der Waals surface area contributed by atoms with Crippen LogP contribution in [0, 0.1) is 0 Å². The highest BCUT2D eigenvalue weighted by molar-refractivity contribution is 5.71. The third kappa shape index (κ3) is 58.8. The van der Waals surface area contributed by atoms with Gasteiger partial charge in [-0.3, -0.25) is 14.4 Å². The van der Waals surface area contributed by atoms with E-state index in [1.807, 2.05) is 0 Å². The van der Waals surface area contributed by atoms with E-state index in [1.54, 1.807) is 0 Å². The van der Waals surface area contributed by atoms with Crippen LogP contribution in [0.3, 0.4) is 0 Å². The molecule has 0 aliphatic heterocycles. The van der Waals surface area contributed by atoms with E-state index in [0.29, 0.717) is 19.3 Å². The molecule has 0 heterocycles. The standard InChI is InChI=1S/C66H124O6/c1-4-7-10-13-16-19-22-25-28-31-33-36-38-41-44-47-50-53-56-59-65(68)71-62-63(61-70-64(67)58-55-52-49-46-43-40-37-34-30-27-24-21-18-15-12-9-6-3)72-66(69)60-57-54-51-48-45-42-39-35-32-29-26-23-20-17-14-11-8-5-2/h18,21,27,30,63H,4-17,19-20,22-26,28-29,31-62H2,1-3H3/b21-18+,30-27+/t63-/m1/s1. The number of rotatable bonds is 60. The van der Waals surface area contributed by atoms with Crippen molar-refractivity contribution < 1.29 is 28.6 Å². The van der Waals surface area contributed by atoms with E-state index < -0.39 is 6.10 Å². The number of carbonyl (C=O) groups is 3. The minimum atomic E-state index is -0.770. The molecule has 6 nitrogen and oxygen atoms in total. The van der Waals surface area contributed by atoms with Crippen LogP contribution in [-0.4, -0.2) is 37.2 Å². The highest BCUT2D eigenvalue weighted by atomic mass is 16.6. The van der Waals surface area contributed by atoms with Gasteiger partial charge in [0.2, 0.25) is 0 Å². The van der Waals surface area contributed by atoms with Gasteiger partial charge in [-0.15, -0.1) is 0 Å². The SMILES string of the molecule is CCCCC/C=C/C/C=C/CCCCCCCCCC(=O)OC[C@H](COC(=O)CCCCCCCCCCCCCCCCCCCCC)OC(=O)CCCCCCCCCCCCCCCCCCCC. The fourth-order valence-electron chi connectivity index (χ4n) is 9.83. The van der Waals surface area contributed by atoms with Gasteiger partial charge in [0, 0.05) is 19.3 Å². The summed E-state index contributed by atoms with van der Waals surface area (Å²) in [5.74, 6) is -0.846. The first-order valence-electron chi connectivity index (χ1n) is 32.3. The molecule has 1 atom stereocenters. The second kappa shape index (κ2) is 61.4. The maximum atomic E-state index is 12.9. The first-order valence-corrected chi connectivity index (χ1v) is 32.3. The predicted molar refractivity (Wildman–Crippen MR) is 312 cm³/mol. The lowest BCUT2D eigenvalue weighted by Crippen LogP contribution is -2.30. The molecular weight excluding hydrogens is 889 g/mol. The fraction of sp³-hybridized carbons (Fsp3) is 0.894. The largest absolute Gasteiger partial charge is 0.462 e. The number of allylic oxidation sites excluding steroid dienone is 4. The second-order valence-corrected chi connectivity index (χ2v) is 22.0. The van der Waals surface area contributed by atoms with Crippen LogP contribution in [-0.2, 0) is 28.6 Å². The molecule has 0 saturated carbocycles. The van der Waals surface area contributed by atoms with E-state index in [4.69, 9.17) is 14.2 Å². The maximum absolute atomic E-state index is 12.9. The Bertz CT molecular complexity index is 1160. The van der Waals surface area contributed by atoms with Gasteiger partial charge in [-0.1, -0.05) is 315 Å². The first kappa shape index (κ1) is 69.9. The Morgan fingerprint density at radius 2 is 0.500 bits per heavy atom. The van der Waals surface area contributed by atoms with Crippen LogP contribution >= 0.6 is 0 Å². The van der Waals surface area contributed by atoms with Gasteiger partial charge in [-0.05, 0) is 51.4 Å². The lowest BCUT2D eigenvalue weighted by Gasteiger charge is -2.18. The molecule has 0 aromatic heterocycles. The van der Waals surface area contributed by atoms with Crippen molar-refractivity contribution in [1.82, 2.24) is 0 Å². The Kier molecular flexibility index (Phi) is 59.6. The van der Waals surface area contributed by atoms with E-state index in [9.17, 15) is 14.4 Å². The van der Waals surface area contributed by atoms with Crippen molar-refractivity contribution in [3.63, 3.8) is 0 Å². The molecule has 0 fully saturated rings. The third-order valence-corrected chi connectivity index (χ3v) is 14.7. The normalized spacial score (nSPS) is 12.1. The summed E-state index contributed by atoms with van der Waals surface area (Å²) < 4.78 is 17.0. The molecule has 0 unspecified atom stereocenters. The van der Waals surface area contributed by atoms with Gasteiger partial charge in [0.25, 0.3) is 0 Å². The van der Waals surface area contributed by atoms with Gasteiger partial charge in [-0.25, -0.2) is 0 Å². The average Bonchev–Trinajstić information content (AvgIpc) is 3.38. The maximum Gasteiger partial charge on any atom is 0.306 e. The zero-order chi connectivity index (χ0) is 52.2. The lowest BCUT2D eigenvalue weighted by atomic mass is 10.0. The molecule has 0 spiro atoms. The molecule has 0 aromatic rings. The molecule has 72 heavy (non-hydrogen) atoms. The topological polar surface area (TPSA) is 78.9 Å². The van der Waals surface area contributed by atoms with Crippen LogP contribution < -0.4 is 0 Å². The summed E-state index contributed by atoms with van der Waals surface area (Å²) in [7, 11) is 0. The van der Waals surface area contributed by atoms with E-state index in [0.717, 1.165) is 70.6 Å². The molecule has 0 aliphatic carbocycles. The van der Waals surface area contributed by atoms with E-state index >= 15 is 0 Å². The molecule has 6 heteroatoms. The van der Waals surface area contributed by atoms with Crippen molar-refractivity contribution in [3.8, 4) is 0 Å². The Labute approximate surface area is 449 Å². The highest BCUT2D eigenvalue weighted by Crippen LogP contribution is 2.18. The number of unbranched alkanes of at least 4 members (excludes halogenated alkanes) is 45. The summed E-state index contributed by atoms with van der Waals surface area (Å²) in [5, 5.41) is 0. The van der Waals surface area contributed by atoms with Crippen molar-refractivity contribution >= 4 is 17.9 Å². The summed E-state index contributed by atoms with van der Waals surface area (Å²) in [6.45, 7) is 6.68. The van der Waals surface area contributed by atoms with Crippen molar-refractivity contribution in [2.45, 2.75) is 367 Å². The van der Waals surface area contributed by atoms with Crippen LogP contribution in [0.25, 0.3) is 0 Å². The minimum Gasteiger partial charge on any atom is -0.462 e. The van der Waals surface area contributed by atoms with Gasteiger partial charge >= 0.3 is 17.9 Å². The van der Waals surface area contributed by atoms with Crippen molar-refractivity contribution in [2.75, 3.05) is 13.2 Å². The predicted octanol–water partition coefficient (Wildman–Crippen LogP) is 21.8. The Balaban J connectivity index is 4.32. The van der Waals surface area contributed by atoms with Crippen molar-refractivity contribution in [1.29, 1.82) is 0 Å². The van der Waals surface area contributed by atoms with Crippen molar-refractivity contribution in [2.24, 2.45) is 0 Å². The van der Waals surface area contributed by atoms with Crippen LogP contribution in [0.2, 0.25) is 0 Å². The van der Waals surface area contributed by atoms with Gasteiger partial charge < -0.3 is 14.2 Å². The van der Waals surface area contributed by atoms with Crippen LogP contribution in [0.4, 0.5) is 0 Å². The minimum absolute atomic E-state index is 0.0674. The third-order valence-electron chi connectivity index (χ3n) is 14.7. The number of hydrogen-bond acceptors (Lipinski definition) is 6. The molecule has 0 aliphatic rings. The summed E-state index contributed by atoms with van der Waals surface area (Å²) in [6.07, 6.45) is 73.2. The quantitative estimate of drug-likeness (QED) is 0.0261. The smallest absolute Gasteiger partial charge is 0.306 e. The zero-order valence-corrected chi connectivity index (χ0v) is 48.7.